The highest BCUT2D eigenvalue weighted by atomic mass is 35.5. The number of carbonyl (C=O) groups is 2. The number of hydrogen-bond donors (Lipinski definition) is 2. The fourth-order valence-electron chi connectivity index (χ4n) is 3.83. The Labute approximate surface area is 159 Å². The summed E-state index contributed by atoms with van der Waals surface area (Å²) in [6, 6.07) is 7.66. The Morgan fingerprint density at radius 2 is 2.04 bits per heavy atom. The maximum absolute atomic E-state index is 12.6. The molecule has 26 heavy (non-hydrogen) atoms. The number of halogens is 1. The topological polar surface area (TPSA) is 72.9 Å². The van der Waals surface area contributed by atoms with Crippen LogP contribution < -0.4 is 5.32 Å². The highest BCUT2D eigenvalue weighted by Crippen LogP contribution is 2.30. The third-order valence-electron chi connectivity index (χ3n) is 5.54. The van der Waals surface area contributed by atoms with Crippen molar-refractivity contribution in [3.8, 4) is 0 Å². The predicted molar refractivity (Wildman–Crippen MR) is 100 cm³/mol. The zero-order chi connectivity index (χ0) is 18.7. The molecule has 0 aliphatic carbocycles. The van der Waals surface area contributed by atoms with E-state index in [2.05, 4.69) is 10.2 Å². The molecule has 0 bridgehead atoms. The van der Waals surface area contributed by atoms with Crippen LogP contribution in [-0.4, -0.2) is 59.6 Å². The quantitative estimate of drug-likeness (QED) is 0.824. The van der Waals surface area contributed by atoms with Crippen LogP contribution in [0.1, 0.15) is 37.8 Å². The molecule has 2 aliphatic rings. The zero-order valence-corrected chi connectivity index (χ0v) is 15.8. The lowest BCUT2D eigenvalue weighted by atomic mass is 9.90. The third-order valence-corrected chi connectivity index (χ3v) is 5.77. The number of carboxylic acid groups (broad SMARTS) is 1. The van der Waals surface area contributed by atoms with Gasteiger partial charge in [-0.2, -0.15) is 0 Å². The predicted octanol–water partition coefficient (Wildman–Crippen LogP) is 2.98. The van der Waals surface area contributed by atoms with Crippen molar-refractivity contribution >= 4 is 23.6 Å². The molecule has 2 amide bonds. The second kappa shape index (κ2) is 7.84. The van der Waals surface area contributed by atoms with Gasteiger partial charge in [0.05, 0.1) is 11.5 Å². The minimum absolute atomic E-state index is 0.0774. The summed E-state index contributed by atoms with van der Waals surface area (Å²) in [7, 11) is 0. The fraction of sp³-hybridized carbons (Fsp3) is 0.579. The first-order chi connectivity index (χ1) is 12.4. The Kier molecular flexibility index (Phi) is 5.73. The van der Waals surface area contributed by atoms with Crippen LogP contribution in [-0.2, 0) is 4.79 Å². The summed E-state index contributed by atoms with van der Waals surface area (Å²) in [6.45, 7) is 4.92. The third kappa shape index (κ3) is 4.13. The molecule has 2 unspecified atom stereocenters. The molecule has 3 rings (SSSR count). The van der Waals surface area contributed by atoms with Gasteiger partial charge in [-0.05, 0) is 57.0 Å². The molecule has 0 saturated carbocycles. The van der Waals surface area contributed by atoms with Gasteiger partial charge in [-0.1, -0.05) is 23.7 Å². The van der Waals surface area contributed by atoms with E-state index >= 15 is 0 Å². The van der Waals surface area contributed by atoms with Crippen LogP contribution in [0.4, 0.5) is 4.79 Å². The molecular formula is C19H26ClN3O3. The number of likely N-dealkylation sites (tertiary alicyclic amines) is 2. The van der Waals surface area contributed by atoms with Crippen molar-refractivity contribution in [3.63, 3.8) is 0 Å². The van der Waals surface area contributed by atoms with Crippen molar-refractivity contribution in [1.29, 1.82) is 0 Å². The number of rotatable bonds is 5. The standard InChI is InChI=1S/C19H26ClN3O3/c1-19(17(24)25)7-10-23(13-19)18(26)21-12-16(22-8-2-3-9-22)14-5-4-6-15(20)11-14/h4-6,11,16H,2-3,7-10,12-13H2,1H3,(H,21,26)(H,24,25). The lowest BCUT2D eigenvalue weighted by molar-refractivity contribution is -0.147. The molecule has 2 aliphatic heterocycles. The van der Waals surface area contributed by atoms with Gasteiger partial charge in [0.1, 0.15) is 0 Å². The van der Waals surface area contributed by atoms with Gasteiger partial charge >= 0.3 is 12.0 Å². The fourth-order valence-corrected chi connectivity index (χ4v) is 4.03. The molecule has 0 radical (unpaired) electrons. The number of nitrogens with zero attached hydrogens (tertiary/aromatic N) is 2. The molecule has 2 fully saturated rings. The minimum atomic E-state index is -0.849. The van der Waals surface area contributed by atoms with Gasteiger partial charge in [-0.3, -0.25) is 9.69 Å². The Morgan fingerprint density at radius 3 is 2.65 bits per heavy atom. The lowest BCUT2D eigenvalue weighted by Gasteiger charge is -2.29. The van der Waals surface area contributed by atoms with E-state index in [-0.39, 0.29) is 18.6 Å². The van der Waals surface area contributed by atoms with E-state index in [1.807, 2.05) is 24.3 Å². The molecular weight excluding hydrogens is 354 g/mol. The van der Waals surface area contributed by atoms with Crippen LogP contribution in [0.15, 0.2) is 24.3 Å². The van der Waals surface area contributed by atoms with Crippen molar-refractivity contribution in [2.24, 2.45) is 5.41 Å². The first-order valence-electron chi connectivity index (χ1n) is 9.15. The van der Waals surface area contributed by atoms with Gasteiger partial charge < -0.3 is 15.3 Å². The summed E-state index contributed by atoms with van der Waals surface area (Å²) >= 11 is 6.15. The number of aliphatic carboxylic acids is 1. The molecule has 7 heteroatoms. The highest BCUT2D eigenvalue weighted by molar-refractivity contribution is 6.30. The smallest absolute Gasteiger partial charge is 0.317 e. The average Bonchev–Trinajstić information content (AvgIpc) is 3.26. The molecule has 1 aromatic rings. The molecule has 6 nitrogen and oxygen atoms in total. The van der Waals surface area contributed by atoms with Crippen molar-refractivity contribution in [3.05, 3.63) is 34.9 Å². The monoisotopic (exact) mass is 379 g/mol. The zero-order valence-electron chi connectivity index (χ0n) is 15.1. The number of nitrogens with one attached hydrogen (secondary N) is 1. The maximum Gasteiger partial charge on any atom is 0.317 e. The van der Waals surface area contributed by atoms with E-state index in [0.29, 0.717) is 24.5 Å². The number of hydrogen-bond acceptors (Lipinski definition) is 3. The van der Waals surface area contributed by atoms with Crippen LogP contribution in [0, 0.1) is 5.41 Å². The summed E-state index contributed by atoms with van der Waals surface area (Å²) in [4.78, 5) is 27.9. The number of carbonyl (C=O) groups excluding carboxylic acids is 1. The van der Waals surface area contributed by atoms with Gasteiger partial charge in [-0.25, -0.2) is 4.79 Å². The summed E-state index contributed by atoms with van der Waals surface area (Å²) < 4.78 is 0. The van der Waals surface area contributed by atoms with Crippen molar-refractivity contribution in [2.45, 2.75) is 32.2 Å². The average molecular weight is 380 g/mol. The summed E-state index contributed by atoms with van der Waals surface area (Å²) in [5, 5.41) is 13.0. The first-order valence-corrected chi connectivity index (χ1v) is 9.52. The van der Waals surface area contributed by atoms with E-state index in [1.165, 1.54) is 0 Å². The second-order valence-electron chi connectivity index (χ2n) is 7.54. The van der Waals surface area contributed by atoms with Gasteiger partial charge in [0.2, 0.25) is 0 Å². The van der Waals surface area contributed by atoms with Crippen LogP contribution in [0.25, 0.3) is 0 Å². The van der Waals surface area contributed by atoms with Crippen molar-refractivity contribution in [1.82, 2.24) is 15.1 Å². The van der Waals surface area contributed by atoms with Gasteiger partial charge in [0, 0.05) is 24.7 Å². The van der Waals surface area contributed by atoms with Gasteiger partial charge in [0.15, 0.2) is 0 Å². The van der Waals surface area contributed by atoms with E-state index < -0.39 is 11.4 Å². The van der Waals surface area contributed by atoms with Crippen LogP contribution in [0.5, 0.6) is 0 Å². The van der Waals surface area contributed by atoms with E-state index in [9.17, 15) is 14.7 Å². The summed E-state index contributed by atoms with van der Waals surface area (Å²) in [5.74, 6) is -0.846. The SMILES string of the molecule is CC1(C(=O)O)CCN(C(=O)NCC(c2cccc(Cl)c2)N2CCCC2)C1. The maximum atomic E-state index is 12.6. The molecule has 0 spiro atoms. The minimum Gasteiger partial charge on any atom is -0.481 e. The van der Waals surface area contributed by atoms with Gasteiger partial charge in [0.25, 0.3) is 0 Å². The molecule has 0 aromatic heterocycles. The Balaban J connectivity index is 1.64. The first kappa shape index (κ1) is 19.0. The molecule has 2 N–H and O–H groups in total. The molecule has 142 valence electrons. The Hall–Kier alpha value is -1.79. The van der Waals surface area contributed by atoms with Crippen LogP contribution in [0.3, 0.4) is 0 Å². The second-order valence-corrected chi connectivity index (χ2v) is 7.97. The van der Waals surface area contributed by atoms with E-state index in [4.69, 9.17) is 11.6 Å². The van der Waals surface area contributed by atoms with Gasteiger partial charge in [-0.15, -0.1) is 0 Å². The molecule has 2 atom stereocenters. The van der Waals surface area contributed by atoms with Crippen molar-refractivity contribution < 1.29 is 14.7 Å². The lowest BCUT2D eigenvalue weighted by Crippen LogP contribution is -2.44. The number of benzene rings is 1. The molecule has 1 aromatic carbocycles. The summed E-state index contributed by atoms with van der Waals surface area (Å²) in [5.41, 5.74) is 0.245. The van der Waals surface area contributed by atoms with Crippen LogP contribution in [0.2, 0.25) is 5.02 Å². The number of amides is 2. The van der Waals surface area contributed by atoms with E-state index in [1.54, 1.807) is 11.8 Å². The molecule has 2 heterocycles. The number of carboxylic acids is 1. The number of urea groups is 1. The summed E-state index contributed by atoms with van der Waals surface area (Å²) in [6.07, 6.45) is 2.81. The van der Waals surface area contributed by atoms with Crippen LogP contribution >= 0.6 is 11.6 Å². The molecule has 2 saturated heterocycles. The van der Waals surface area contributed by atoms with E-state index in [0.717, 1.165) is 31.5 Å². The normalized spacial score (nSPS) is 24.6. The highest BCUT2D eigenvalue weighted by Gasteiger charge is 2.42. The Morgan fingerprint density at radius 1 is 1.31 bits per heavy atom. The Bertz CT molecular complexity index is 678. The largest absolute Gasteiger partial charge is 0.481 e. The van der Waals surface area contributed by atoms with Crippen molar-refractivity contribution in [2.75, 3.05) is 32.7 Å².